The number of amides is 1. The zero-order chi connectivity index (χ0) is 14.8. The van der Waals surface area contributed by atoms with Gasteiger partial charge in [0, 0.05) is 11.8 Å². The van der Waals surface area contributed by atoms with Gasteiger partial charge in [0.15, 0.2) is 11.6 Å². The summed E-state index contributed by atoms with van der Waals surface area (Å²) in [5.41, 5.74) is 1.25. The van der Waals surface area contributed by atoms with Crippen LogP contribution in [0.25, 0.3) is 0 Å². The highest BCUT2D eigenvalue weighted by Crippen LogP contribution is 2.27. The van der Waals surface area contributed by atoms with Crippen LogP contribution >= 0.6 is 0 Å². The molecule has 3 rings (SSSR count). The maximum atomic E-state index is 13.7. The van der Waals surface area contributed by atoms with Crippen LogP contribution in [0.2, 0.25) is 0 Å². The lowest BCUT2D eigenvalue weighted by atomic mass is 10.1. The van der Waals surface area contributed by atoms with Crippen molar-refractivity contribution < 1.29 is 13.9 Å². The van der Waals surface area contributed by atoms with Gasteiger partial charge in [-0.3, -0.25) is 4.79 Å². The molecule has 0 N–H and O–H groups in total. The zero-order valence-corrected chi connectivity index (χ0v) is 11.3. The van der Waals surface area contributed by atoms with Gasteiger partial charge >= 0.3 is 0 Å². The molecule has 1 aliphatic heterocycles. The number of hydrogen-bond acceptors (Lipinski definition) is 4. The van der Waals surface area contributed by atoms with Crippen LogP contribution in [-0.4, -0.2) is 23.7 Å². The lowest BCUT2D eigenvalue weighted by molar-refractivity contribution is -0.117. The smallest absolute Gasteiger partial charge is 0.255 e. The van der Waals surface area contributed by atoms with Gasteiger partial charge in [0.25, 0.3) is 5.91 Å². The van der Waals surface area contributed by atoms with Gasteiger partial charge in [-0.2, -0.15) is 10.1 Å². The van der Waals surface area contributed by atoms with Crippen molar-refractivity contribution in [1.29, 1.82) is 0 Å². The van der Waals surface area contributed by atoms with E-state index in [1.54, 1.807) is 13.2 Å². The van der Waals surface area contributed by atoms with Crippen LogP contribution in [0, 0.1) is 5.82 Å². The molecule has 0 saturated carbocycles. The average molecular weight is 285 g/mol. The predicted octanol–water partition coefficient (Wildman–Crippen LogP) is 2.37. The minimum atomic E-state index is -0.587. The normalized spacial score (nSPS) is 14.3. The van der Waals surface area contributed by atoms with E-state index in [1.807, 2.05) is 18.2 Å². The Morgan fingerprint density at radius 2 is 2.05 bits per heavy atom. The molecule has 0 aliphatic carbocycles. The molecule has 0 radical (unpaired) electrons. The number of halogens is 1. The largest absolute Gasteiger partial charge is 0.496 e. The van der Waals surface area contributed by atoms with Gasteiger partial charge in [-0.05, 0) is 24.3 Å². The Hall–Kier alpha value is -2.76. The number of ether oxygens (including phenoxy) is 1. The first-order valence-corrected chi connectivity index (χ1v) is 6.35. The van der Waals surface area contributed by atoms with E-state index in [9.17, 15) is 9.18 Å². The number of methoxy groups -OCH3 is 1. The molecule has 106 valence electrons. The van der Waals surface area contributed by atoms with Crippen molar-refractivity contribution >= 4 is 17.4 Å². The van der Waals surface area contributed by atoms with E-state index in [-0.39, 0.29) is 18.1 Å². The molecule has 0 saturated heterocycles. The monoisotopic (exact) mass is 285 g/mol. The second kappa shape index (κ2) is 5.32. The average Bonchev–Trinajstić information content (AvgIpc) is 2.89. The minimum Gasteiger partial charge on any atom is -0.496 e. The standard InChI is InChI=1S/C15H12FN3O2/c1-21-13-7-3-2-5-10(13)12-9-14(20)19(18-12)15-11(16)6-4-8-17-15/h2-8H,9H2,1H3. The van der Waals surface area contributed by atoms with Crippen LogP contribution in [0.15, 0.2) is 47.7 Å². The van der Waals surface area contributed by atoms with E-state index in [2.05, 4.69) is 10.1 Å². The number of nitrogens with zero attached hydrogens (tertiary/aromatic N) is 3. The number of rotatable bonds is 3. The third-order valence-electron chi connectivity index (χ3n) is 3.13. The number of carbonyl (C=O) groups excluding carboxylic acids is 1. The van der Waals surface area contributed by atoms with Crippen molar-refractivity contribution in [3.63, 3.8) is 0 Å². The fraction of sp³-hybridized carbons (Fsp3) is 0.133. The summed E-state index contributed by atoms with van der Waals surface area (Å²) in [6.45, 7) is 0. The minimum absolute atomic E-state index is 0.0797. The molecule has 1 aromatic heterocycles. The molecule has 21 heavy (non-hydrogen) atoms. The van der Waals surface area contributed by atoms with Gasteiger partial charge in [0.05, 0.1) is 19.2 Å². The van der Waals surface area contributed by atoms with Crippen molar-refractivity contribution in [1.82, 2.24) is 4.98 Å². The number of anilines is 1. The summed E-state index contributed by atoms with van der Waals surface area (Å²) in [5.74, 6) is -0.385. The van der Waals surface area contributed by atoms with E-state index < -0.39 is 5.82 Å². The quantitative estimate of drug-likeness (QED) is 0.870. The Balaban J connectivity index is 2.02. The molecule has 2 aromatic rings. The molecule has 0 unspecified atom stereocenters. The molecule has 1 aromatic carbocycles. The van der Waals surface area contributed by atoms with E-state index >= 15 is 0 Å². The van der Waals surface area contributed by atoms with Gasteiger partial charge in [-0.15, -0.1) is 0 Å². The number of para-hydroxylation sites is 1. The van der Waals surface area contributed by atoms with Gasteiger partial charge < -0.3 is 4.74 Å². The number of benzene rings is 1. The molecule has 2 heterocycles. The summed E-state index contributed by atoms with van der Waals surface area (Å²) >= 11 is 0. The predicted molar refractivity (Wildman–Crippen MR) is 75.8 cm³/mol. The van der Waals surface area contributed by atoms with Gasteiger partial charge in [0.1, 0.15) is 5.75 Å². The first kappa shape index (κ1) is 13.2. The second-order valence-corrected chi connectivity index (χ2v) is 4.44. The number of pyridine rings is 1. The fourth-order valence-electron chi connectivity index (χ4n) is 2.16. The van der Waals surface area contributed by atoms with Crippen molar-refractivity contribution in [2.24, 2.45) is 5.10 Å². The Bertz CT molecular complexity index is 730. The molecular formula is C15H12FN3O2. The molecular weight excluding hydrogens is 273 g/mol. The Morgan fingerprint density at radius 1 is 1.24 bits per heavy atom. The van der Waals surface area contributed by atoms with Crippen LogP contribution in [0.4, 0.5) is 10.2 Å². The second-order valence-electron chi connectivity index (χ2n) is 4.44. The third-order valence-corrected chi connectivity index (χ3v) is 3.13. The molecule has 0 spiro atoms. The molecule has 1 aliphatic rings. The van der Waals surface area contributed by atoms with Gasteiger partial charge in [-0.25, -0.2) is 9.37 Å². The summed E-state index contributed by atoms with van der Waals surface area (Å²) < 4.78 is 19.0. The molecule has 0 fully saturated rings. The van der Waals surface area contributed by atoms with Crippen LogP contribution in [0.1, 0.15) is 12.0 Å². The fourth-order valence-corrected chi connectivity index (χ4v) is 2.16. The summed E-state index contributed by atoms with van der Waals surface area (Å²) in [5, 5.41) is 5.19. The maximum Gasteiger partial charge on any atom is 0.255 e. The molecule has 1 amide bonds. The summed E-state index contributed by atoms with van der Waals surface area (Å²) in [7, 11) is 1.55. The van der Waals surface area contributed by atoms with Crippen LogP contribution in [0.5, 0.6) is 5.75 Å². The molecule has 0 atom stereocenters. The van der Waals surface area contributed by atoms with Gasteiger partial charge in [0.2, 0.25) is 0 Å². The first-order valence-electron chi connectivity index (χ1n) is 6.35. The highest BCUT2D eigenvalue weighted by molar-refractivity contribution is 6.19. The summed E-state index contributed by atoms with van der Waals surface area (Å²) in [6.07, 6.45) is 1.50. The maximum absolute atomic E-state index is 13.7. The van der Waals surface area contributed by atoms with Gasteiger partial charge in [-0.1, -0.05) is 12.1 Å². The van der Waals surface area contributed by atoms with Crippen molar-refractivity contribution in [3.05, 3.63) is 54.0 Å². The Kier molecular flexibility index (Phi) is 3.35. The summed E-state index contributed by atoms with van der Waals surface area (Å²) in [4.78, 5) is 15.9. The number of carbonyl (C=O) groups is 1. The lowest BCUT2D eigenvalue weighted by Crippen LogP contribution is -2.21. The Morgan fingerprint density at radius 3 is 2.81 bits per heavy atom. The van der Waals surface area contributed by atoms with Crippen LogP contribution in [0.3, 0.4) is 0 Å². The molecule has 6 heteroatoms. The molecule has 0 bridgehead atoms. The lowest BCUT2D eigenvalue weighted by Gasteiger charge is -2.10. The summed E-state index contributed by atoms with van der Waals surface area (Å²) in [6, 6.07) is 9.96. The van der Waals surface area contributed by atoms with E-state index in [1.165, 1.54) is 18.3 Å². The van der Waals surface area contributed by atoms with E-state index in [4.69, 9.17) is 4.74 Å². The van der Waals surface area contributed by atoms with Crippen molar-refractivity contribution in [2.45, 2.75) is 6.42 Å². The van der Waals surface area contributed by atoms with Crippen LogP contribution < -0.4 is 9.75 Å². The SMILES string of the molecule is COc1ccccc1C1=NN(c2ncccc2F)C(=O)C1. The van der Waals surface area contributed by atoms with Crippen LogP contribution in [-0.2, 0) is 4.79 Å². The van der Waals surface area contributed by atoms with Crippen molar-refractivity contribution in [2.75, 3.05) is 12.1 Å². The van der Waals surface area contributed by atoms with Crippen molar-refractivity contribution in [3.8, 4) is 5.75 Å². The highest BCUT2D eigenvalue weighted by Gasteiger charge is 2.29. The number of hydrogen-bond donors (Lipinski definition) is 0. The number of aromatic nitrogens is 1. The number of hydrazone groups is 1. The topological polar surface area (TPSA) is 54.8 Å². The van der Waals surface area contributed by atoms with E-state index in [0.717, 1.165) is 5.01 Å². The Labute approximate surface area is 120 Å². The molecule has 5 nitrogen and oxygen atoms in total. The third kappa shape index (κ3) is 2.35. The van der Waals surface area contributed by atoms with E-state index in [0.29, 0.717) is 17.0 Å². The zero-order valence-electron chi connectivity index (χ0n) is 11.3. The highest BCUT2D eigenvalue weighted by atomic mass is 19.1. The first-order chi connectivity index (χ1) is 10.2.